The molecule has 5 heteroatoms. The quantitative estimate of drug-likeness (QED) is 0.910. The Kier molecular flexibility index (Phi) is 4.19. The highest BCUT2D eigenvalue weighted by atomic mass is 16.7. The molecule has 2 aromatic carbocycles. The first kappa shape index (κ1) is 15.0. The van der Waals surface area contributed by atoms with Gasteiger partial charge in [-0.05, 0) is 30.2 Å². The number of hydrogen-bond acceptors (Lipinski definition) is 4. The molecule has 0 aliphatic carbocycles. The second-order valence-corrected chi connectivity index (χ2v) is 5.16. The van der Waals surface area contributed by atoms with Crippen LogP contribution in [0.15, 0.2) is 55.0 Å². The lowest BCUT2D eigenvalue weighted by atomic mass is 10.0. The number of benzene rings is 2. The lowest BCUT2D eigenvalue weighted by molar-refractivity contribution is -0.0266. The molecule has 118 valence electrons. The van der Waals surface area contributed by atoms with E-state index in [0.29, 0.717) is 23.5 Å². The van der Waals surface area contributed by atoms with Gasteiger partial charge in [-0.1, -0.05) is 30.3 Å². The maximum absolute atomic E-state index is 11.3. The average Bonchev–Trinajstić information content (AvgIpc) is 3.08. The summed E-state index contributed by atoms with van der Waals surface area (Å²) in [6.45, 7) is 2.11. The lowest BCUT2D eigenvalue weighted by Crippen LogP contribution is -2.08. The summed E-state index contributed by atoms with van der Waals surface area (Å²) in [5.41, 5.74) is 2.39. The second kappa shape index (κ2) is 6.44. The predicted molar refractivity (Wildman–Crippen MR) is 83.0 cm³/mol. The minimum Gasteiger partial charge on any atom is -0.488 e. The lowest BCUT2D eigenvalue weighted by Gasteiger charge is -2.18. The van der Waals surface area contributed by atoms with Crippen LogP contribution in [0.1, 0.15) is 33.3 Å². The van der Waals surface area contributed by atoms with E-state index >= 15 is 0 Å². The highest BCUT2D eigenvalue weighted by Crippen LogP contribution is 2.34. The van der Waals surface area contributed by atoms with Crippen molar-refractivity contribution in [3.05, 3.63) is 77.2 Å². The van der Waals surface area contributed by atoms with E-state index in [1.54, 1.807) is 13.0 Å². The Bertz CT molecular complexity index is 729. The molecular formula is C18H16O5. The normalized spacial score (nSPS) is 13.4. The van der Waals surface area contributed by atoms with Crippen molar-refractivity contribution in [1.82, 2.24) is 0 Å². The van der Waals surface area contributed by atoms with Gasteiger partial charge in [0.2, 0.25) is 0 Å². The highest BCUT2D eigenvalue weighted by Gasteiger charge is 2.24. The fourth-order valence-electron chi connectivity index (χ4n) is 2.36. The third-order valence-electron chi connectivity index (χ3n) is 3.54. The molecule has 2 aromatic rings. The molecule has 1 heterocycles. The summed E-state index contributed by atoms with van der Waals surface area (Å²) >= 11 is 0. The Morgan fingerprint density at radius 1 is 1.17 bits per heavy atom. The Morgan fingerprint density at radius 2 is 1.87 bits per heavy atom. The molecule has 0 unspecified atom stereocenters. The van der Waals surface area contributed by atoms with Crippen LogP contribution in [0.2, 0.25) is 0 Å². The summed E-state index contributed by atoms with van der Waals surface area (Å²) in [5, 5.41) is 9.29. The van der Waals surface area contributed by atoms with Gasteiger partial charge >= 0.3 is 5.97 Å². The minimum absolute atomic E-state index is 0.200. The van der Waals surface area contributed by atoms with Gasteiger partial charge in [0.1, 0.15) is 24.9 Å². The number of carbonyl (C=O) groups is 1. The van der Waals surface area contributed by atoms with E-state index < -0.39 is 12.3 Å². The fourth-order valence-corrected chi connectivity index (χ4v) is 2.36. The average molecular weight is 312 g/mol. The topological polar surface area (TPSA) is 65.0 Å². The predicted octanol–water partition coefficient (Wildman–Crippen LogP) is 3.79. The third kappa shape index (κ3) is 3.29. The third-order valence-corrected chi connectivity index (χ3v) is 3.54. The maximum Gasteiger partial charge on any atom is 0.335 e. The molecule has 23 heavy (non-hydrogen) atoms. The van der Waals surface area contributed by atoms with E-state index in [4.69, 9.17) is 14.2 Å². The zero-order valence-electron chi connectivity index (χ0n) is 12.6. The van der Waals surface area contributed by atoms with Gasteiger partial charge in [-0.2, -0.15) is 0 Å². The van der Waals surface area contributed by atoms with Gasteiger partial charge in [0, 0.05) is 0 Å². The molecule has 0 radical (unpaired) electrons. The van der Waals surface area contributed by atoms with Crippen molar-refractivity contribution in [3.8, 4) is 5.75 Å². The number of aryl methyl sites for hydroxylation is 1. The van der Waals surface area contributed by atoms with E-state index in [0.717, 1.165) is 5.56 Å². The van der Waals surface area contributed by atoms with Crippen LogP contribution in [0.3, 0.4) is 0 Å². The molecule has 1 aliphatic rings. The zero-order chi connectivity index (χ0) is 16.2. The van der Waals surface area contributed by atoms with Gasteiger partial charge in [0.15, 0.2) is 0 Å². The first-order valence-corrected chi connectivity index (χ1v) is 7.15. The van der Waals surface area contributed by atoms with Crippen LogP contribution in [0.5, 0.6) is 5.75 Å². The summed E-state index contributed by atoms with van der Waals surface area (Å²) < 4.78 is 16.5. The highest BCUT2D eigenvalue weighted by molar-refractivity contribution is 5.90. The molecule has 0 aromatic heterocycles. The van der Waals surface area contributed by atoms with Crippen LogP contribution in [-0.2, 0) is 16.1 Å². The Labute approximate surface area is 133 Å². The van der Waals surface area contributed by atoms with Crippen LogP contribution in [0.25, 0.3) is 0 Å². The van der Waals surface area contributed by atoms with Gasteiger partial charge < -0.3 is 19.3 Å². The van der Waals surface area contributed by atoms with E-state index in [-0.39, 0.29) is 5.56 Å². The molecule has 1 N–H and O–H groups in total. The molecule has 0 atom stereocenters. The largest absolute Gasteiger partial charge is 0.488 e. The van der Waals surface area contributed by atoms with E-state index in [2.05, 4.69) is 0 Å². The monoisotopic (exact) mass is 312 g/mol. The molecule has 5 nitrogen and oxygen atoms in total. The van der Waals surface area contributed by atoms with Crippen LogP contribution in [0, 0.1) is 6.92 Å². The number of rotatable bonds is 5. The molecule has 1 aliphatic heterocycles. The van der Waals surface area contributed by atoms with Crippen LogP contribution in [-0.4, -0.2) is 11.1 Å². The van der Waals surface area contributed by atoms with Crippen molar-refractivity contribution in [2.24, 2.45) is 0 Å². The Hall–Kier alpha value is -2.95. The Balaban J connectivity index is 1.90. The van der Waals surface area contributed by atoms with Gasteiger partial charge in [-0.3, -0.25) is 0 Å². The van der Waals surface area contributed by atoms with Crippen LogP contribution < -0.4 is 4.74 Å². The van der Waals surface area contributed by atoms with Gasteiger partial charge in [-0.25, -0.2) is 4.79 Å². The number of hydrogen-bond donors (Lipinski definition) is 1. The molecule has 0 amide bonds. The molecule has 0 fully saturated rings. The van der Waals surface area contributed by atoms with Crippen molar-refractivity contribution in [1.29, 1.82) is 0 Å². The van der Waals surface area contributed by atoms with Gasteiger partial charge in [-0.15, -0.1) is 0 Å². The van der Waals surface area contributed by atoms with Gasteiger partial charge in [0.25, 0.3) is 6.29 Å². The summed E-state index contributed by atoms with van der Waals surface area (Å²) in [4.78, 5) is 11.3. The molecule has 0 saturated carbocycles. The van der Waals surface area contributed by atoms with Crippen molar-refractivity contribution in [2.75, 3.05) is 0 Å². The number of aromatic carboxylic acids is 1. The fraction of sp³-hybridized carbons (Fsp3) is 0.167. The molecule has 0 spiro atoms. The second-order valence-electron chi connectivity index (χ2n) is 5.16. The maximum atomic E-state index is 11.3. The minimum atomic E-state index is -0.996. The van der Waals surface area contributed by atoms with E-state index in [9.17, 15) is 9.90 Å². The Morgan fingerprint density at radius 3 is 2.52 bits per heavy atom. The molecular weight excluding hydrogens is 296 g/mol. The first-order valence-electron chi connectivity index (χ1n) is 7.15. The standard InChI is InChI=1S/C18H16O5/c1-12-9-16(23-11-13-5-3-2-4-6-13)15(10-14(12)17(19)20)18-21-7-8-22-18/h2-10,18H,11H2,1H3,(H,19,20). The van der Waals surface area contributed by atoms with Gasteiger partial charge in [0.05, 0.1) is 11.1 Å². The van der Waals surface area contributed by atoms with Crippen molar-refractivity contribution >= 4 is 5.97 Å². The van der Waals surface area contributed by atoms with Crippen molar-refractivity contribution < 1.29 is 24.1 Å². The van der Waals surface area contributed by atoms with Crippen molar-refractivity contribution in [2.45, 2.75) is 19.8 Å². The van der Waals surface area contributed by atoms with Crippen LogP contribution >= 0.6 is 0 Å². The summed E-state index contributed by atoms with van der Waals surface area (Å²) in [6, 6.07) is 13.0. The SMILES string of the molecule is Cc1cc(OCc2ccccc2)c(C2OC=CO2)cc1C(=O)O. The molecule has 3 rings (SSSR count). The summed E-state index contributed by atoms with van der Waals surface area (Å²) in [7, 11) is 0. The number of carboxylic acids is 1. The summed E-state index contributed by atoms with van der Waals surface area (Å²) in [6.07, 6.45) is 2.15. The zero-order valence-corrected chi connectivity index (χ0v) is 12.6. The summed E-state index contributed by atoms with van der Waals surface area (Å²) in [5.74, 6) is -0.450. The first-order chi connectivity index (χ1) is 11.1. The van der Waals surface area contributed by atoms with Crippen molar-refractivity contribution in [3.63, 3.8) is 0 Å². The number of ether oxygens (including phenoxy) is 3. The molecule has 0 saturated heterocycles. The smallest absolute Gasteiger partial charge is 0.335 e. The van der Waals surface area contributed by atoms with E-state index in [1.807, 2.05) is 30.3 Å². The van der Waals surface area contributed by atoms with Crippen LogP contribution in [0.4, 0.5) is 0 Å². The van der Waals surface area contributed by atoms with E-state index in [1.165, 1.54) is 18.6 Å². The number of carboxylic acid groups (broad SMARTS) is 1. The molecule has 0 bridgehead atoms.